The van der Waals surface area contributed by atoms with Gasteiger partial charge in [0.25, 0.3) is 0 Å². The van der Waals surface area contributed by atoms with Crippen molar-refractivity contribution in [2.75, 3.05) is 6.61 Å². The summed E-state index contributed by atoms with van der Waals surface area (Å²) in [6, 6.07) is 0.00361. The van der Waals surface area contributed by atoms with Crippen LogP contribution in [-0.4, -0.2) is 22.0 Å². The number of rotatable bonds is 5. The highest BCUT2D eigenvalue weighted by atomic mass is 16.5. The summed E-state index contributed by atoms with van der Waals surface area (Å²) in [4.78, 5) is 0. The van der Waals surface area contributed by atoms with Crippen molar-refractivity contribution in [1.82, 2.24) is 15.2 Å². The number of aromatic nitrogens is 2. The number of aryl methyl sites for hydroxylation is 1. The van der Waals surface area contributed by atoms with Gasteiger partial charge >= 0.3 is 0 Å². The normalized spacial score (nSPS) is 29.4. The van der Waals surface area contributed by atoms with Crippen LogP contribution in [0, 0.1) is 5.92 Å². The summed E-state index contributed by atoms with van der Waals surface area (Å²) in [5, 5.41) is 4.26. The molecule has 1 aromatic heterocycles. The highest BCUT2D eigenvalue weighted by molar-refractivity contribution is 5.17. The van der Waals surface area contributed by atoms with Crippen LogP contribution in [0.1, 0.15) is 51.1 Å². The summed E-state index contributed by atoms with van der Waals surface area (Å²) in [5.74, 6) is 6.51. The van der Waals surface area contributed by atoms with Crippen LogP contribution in [0.4, 0.5) is 0 Å². The molecule has 1 saturated carbocycles. The third kappa shape index (κ3) is 2.99. The second kappa shape index (κ2) is 6.03. The molecule has 3 N–H and O–H groups in total. The van der Waals surface area contributed by atoms with Crippen molar-refractivity contribution in [2.45, 2.75) is 51.2 Å². The van der Waals surface area contributed by atoms with Gasteiger partial charge in [0.1, 0.15) is 0 Å². The van der Waals surface area contributed by atoms with Gasteiger partial charge in [-0.3, -0.25) is 10.5 Å². The van der Waals surface area contributed by atoms with Crippen LogP contribution in [0.25, 0.3) is 0 Å². The Morgan fingerprint density at radius 1 is 1.68 bits per heavy atom. The summed E-state index contributed by atoms with van der Waals surface area (Å²) in [6.07, 6.45) is 8.47. The molecular formula is C14H26N4O. The van der Waals surface area contributed by atoms with E-state index < -0.39 is 0 Å². The van der Waals surface area contributed by atoms with E-state index in [0.717, 1.165) is 18.4 Å². The first-order valence-corrected chi connectivity index (χ1v) is 7.20. The first-order valence-electron chi connectivity index (χ1n) is 7.20. The van der Waals surface area contributed by atoms with E-state index in [-0.39, 0.29) is 11.6 Å². The van der Waals surface area contributed by atoms with E-state index in [4.69, 9.17) is 10.6 Å². The molecule has 0 aliphatic heterocycles. The second-order valence-corrected chi connectivity index (χ2v) is 5.75. The number of hydrazine groups is 1. The summed E-state index contributed by atoms with van der Waals surface area (Å²) in [6.45, 7) is 5.06. The monoisotopic (exact) mass is 266 g/mol. The van der Waals surface area contributed by atoms with Crippen LogP contribution in [-0.2, 0) is 11.8 Å². The summed E-state index contributed by atoms with van der Waals surface area (Å²) in [7, 11) is 1.92. The first kappa shape index (κ1) is 14.5. The molecule has 1 heterocycles. The zero-order valence-corrected chi connectivity index (χ0v) is 12.2. The quantitative estimate of drug-likeness (QED) is 0.631. The number of nitrogens with zero attached hydrogens (tertiary/aromatic N) is 2. The van der Waals surface area contributed by atoms with E-state index in [1.165, 1.54) is 12.8 Å². The predicted molar refractivity (Wildman–Crippen MR) is 75.3 cm³/mol. The Kier molecular flexibility index (Phi) is 4.60. The summed E-state index contributed by atoms with van der Waals surface area (Å²) in [5.41, 5.74) is 3.87. The van der Waals surface area contributed by atoms with Gasteiger partial charge in [-0.25, -0.2) is 5.43 Å². The van der Waals surface area contributed by atoms with Gasteiger partial charge < -0.3 is 4.74 Å². The lowest BCUT2D eigenvalue weighted by molar-refractivity contribution is -0.102. The minimum atomic E-state index is -0.204. The Morgan fingerprint density at radius 3 is 3.00 bits per heavy atom. The van der Waals surface area contributed by atoms with Gasteiger partial charge in [0.2, 0.25) is 0 Å². The van der Waals surface area contributed by atoms with Gasteiger partial charge in [-0.2, -0.15) is 5.10 Å². The van der Waals surface area contributed by atoms with Crippen molar-refractivity contribution in [3.05, 3.63) is 18.0 Å². The maximum atomic E-state index is 6.18. The summed E-state index contributed by atoms with van der Waals surface area (Å²) >= 11 is 0. The molecule has 19 heavy (non-hydrogen) atoms. The molecule has 0 radical (unpaired) electrons. The second-order valence-electron chi connectivity index (χ2n) is 5.75. The predicted octanol–water partition coefficient (Wildman–Crippen LogP) is 1.91. The summed E-state index contributed by atoms with van der Waals surface area (Å²) < 4.78 is 7.99. The van der Waals surface area contributed by atoms with E-state index in [0.29, 0.717) is 12.5 Å². The number of hydrogen-bond donors (Lipinski definition) is 2. The van der Waals surface area contributed by atoms with Gasteiger partial charge in [-0.1, -0.05) is 19.8 Å². The molecule has 0 amide bonds. The molecular weight excluding hydrogens is 240 g/mol. The Balaban J connectivity index is 2.29. The van der Waals surface area contributed by atoms with Gasteiger partial charge in [0.15, 0.2) is 0 Å². The molecule has 0 spiro atoms. The zero-order chi connectivity index (χ0) is 13.9. The lowest BCUT2D eigenvalue weighted by Crippen LogP contribution is -2.51. The number of nitrogens with one attached hydrogen (secondary N) is 1. The largest absolute Gasteiger partial charge is 0.373 e. The fourth-order valence-electron chi connectivity index (χ4n) is 3.45. The molecule has 1 aliphatic rings. The molecule has 2 rings (SSSR count). The average Bonchev–Trinajstić information content (AvgIpc) is 2.77. The van der Waals surface area contributed by atoms with Crippen LogP contribution in [0.3, 0.4) is 0 Å². The van der Waals surface area contributed by atoms with Crippen LogP contribution < -0.4 is 11.3 Å². The molecule has 1 aliphatic carbocycles. The van der Waals surface area contributed by atoms with Gasteiger partial charge in [0.05, 0.1) is 17.8 Å². The van der Waals surface area contributed by atoms with Crippen LogP contribution in [0.15, 0.2) is 12.4 Å². The number of nitrogens with two attached hydrogens (primary N) is 1. The van der Waals surface area contributed by atoms with Gasteiger partial charge in [-0.15, -0.1) is 0 Å². The first-order chi connectivity index (χ1) is 9.11. The Bertz CT molecular complexity index is 402. The van der Waals surface area contributed by atoms with Crippen molar-refractivity contribution in [1.29, 1.82) is 0 Å². The lowest BCUT2D eigenvalue weighted by atomic mass is 9.73. The van der Waals surface area contributed by atoms with Crippen molar-refractivity contribution >= 4 is 0 Å². The van der Waals surface area contributed by atoms with Crippen LogP contribution in [0.2, 0.25) is 0 Å². The molecule has 1 aromatic rings. The molecule has 0 saturated heterocycles. The molecule has 108 valence electrons. The van der Waals surface area contributed by atoms with E-state index in [2.05, 4.69) is 24.4 Å². The average molecular weight is 266 g/mol. The fraction of sp³-hybridized carbons (Fsp3) is 0.786. The minimum absolute atomic E-state index is 0.00361. The maximum Gasteiger partial charge on any atom is 0.0892 e. The Morgan fingerprint density at radius 2 is 2.47 bits per heavy atom. The van der Waals surface area contributed by atoms with Gasteiger partial charge in [0, 0.05) is 25.4 Å². The number of ether oxygens (including phenoxy) is 1. The Labute approximate surface area is 115 Å². The van der Waals surface area contributed by atoms with Crippen LogP contribution >= 0.6 is 0 Å². The lowest BCUT2D eigenvalue weighted by Gasteiger charge is -2.44. The smallest absolute Gasteiger partial charge is 0.0892 e. The van der Waals surface area contributed by atoms with E-state index in [1.807, 2.05) is 24.1 Å². The van der Waals surface area contributed by atoms with Crippen molar-refractivity contribution in [2.24, 2.45) is 18.8 Å². The molecule has 0 aromatic carbocycles. The van der Waals surface area contributed by atoms with E-state index in [9.17, 15) is 0 Å². The third-order valence-corrected chi connectivity index (χ3v) is 4.17. The fourth-order valence-corrected chi connectivity index (χ4v) is 3.45. The topological polar surface area (TPSA) is 65.1 Å². The number of hydrogen-bond acceptors (Lipinski definition) is 4. The standard InChI is InChI=1S/C14H26N4O/c1-4-19-14(7-5-6-11(2)8-14)13(17-15)12-9-16-18(3)10-12/h9-11,13,17H,4-8,15H2,1-3H3. The highest BCUT2D eigenvalue weighted by Gasteiger charge is 2.43. The maximum absolute atomic E-state index is 6.18. The van der Waals surface area contributed by atoms with Crippen molar-refractivity contribution in [3.63, 3.8) is 0 Å². The van der Waals surface area contributed by atoms with Crippen molar-refractivity contribution in [3.8, 4) is 0 Å². The Hall–Kier alpha value is -0.910. The van der Waals surface area contributed by atoms with E-state index in [1.54, 1.807) is 0 Å². The molecule has 5 nitrogen and oxygen atoms in total. The SMILES string of the molecule is CCOC1(C(NN)c2cnn(C)c2)CCCC(C)C1. The zero-order valence-electron chi connectivity index (χ0n) is 12.2. The highest BCUT2D eigenvalue weighted by Crippen LogP contribution is 2.43. The van der Waals surface area contributed by atoms with Crippen LogP contribution in [0.5, 0.6) is 0 Å². The van der Waals surface area contributed by atoms with E-state index >= 15 is 0 Å². The molecule has 3 unspecified atom stereocenters. The minimum Gasteiger partial charge on any atom is -0.373 e. The molecule has 0 bridgehead atoms. The third-order valence-electron chi connectivity index (χ3n) is 4.17. The molecule has 5 heteroatoms. The molecule has 3 atom stereocenters. The molecule has 1 fully saturated rings. The van der Waals surface area contributed by atoms with Gasteiger partial charge in [-0.05, 0) is 25.7 Å². The van der Waals surface area contributed by atoms with Crippen molar-refractivity contribution < 1.29 is 4.74 Å².